The lowest BCUT2D eigenvalue weighted by molar-refractivity contribution is -0.142. The third kappa shape index (κ3) is 4.58. The van der Waals surface area contributed by atoms with Gasteiger partial charge in [-0.25, -0.2) is 0 Å². The number of thiocarbonyl (C=S) groups is 1. The summed E-state index contributed by atoms with van der Waals surface area (Å²) in [6, 6.07) is 2.56. The van der Waals surface area contributed by atoms with E-state index in [0.717, 1.165) is 16.7 Å². The Morgan fingerprint density at radius 3 is 2.63 bits per heavy atom. The lowest BCUT2D eigenvalue weighted by Crippen LogP contribution is -2.50. The van der Waals surface area contributed by atoms with Crippen molar-refractivity contribution < 1.29 is 29.3 Å². The van der Waals surface area contributed by atoms with E-state index < -0.39 is 29.9 Å². The zero-order valence-electron chi connectivity index (χ0n) is 14.8. The molecule has 8 nitrogen and oxygen atoms in total. The number of hydrogen-bond acceptors (Lipinski definition) is 7. The Labute approximate surface area is 165 Å². The van der Waals surface area contributed by atoms with Gasteiger partial charge in [-0.3, -0.25) is 19.3 Å². The highest BCUT2D eigenvalue weighted by Crippen LogP contribution is 2.35. The second-order valence-electron chi connectivity index (χ2n) is 5.73. The minimum Gasteiger partial charge on any atom is -0.504 e. The number of aromatic hydroxyl groups is 1. The second-order valence-corrected chi connectivity index (χ2v) is 7.40. The molecular formula is C17H18N2O6S2. The molecule has 3 N–H and O–H groups in total. The van der Waals surface area contributed by atoms with Crippen LogP contribution in [0.5, 0.6) is 11.5 Å². The first-order valence-corrected chi connectivity index (χ1v) is 9.05. The van der Waals surface area contributed by atoms with Crippen molar-refractivity contribution in [1.82, 2.24) is 10.2 Å². The van der Waals surface area contributed by atoms with E-state index >= 15 is 0 Å². The van der Waals surface area contributed by atoms with E-state index in [1.54, 1.807) is 18.2 Å². The smallest absolute Gasteiger partial charge is 0.325 e. The Hall–Kier alpha value is -2.59. The molecule has 1 aliphatic heterocycles. The first-order valence-electron chi connectivity index (χ1n) is 7.83. The van der Waals surface area contributed by atoms with Gasteiger partial charge in [-0.1, -0.05) is 30.0 Å². The molecule has 2 unspecified atom stereocenters. The molecule has 0 saturated carbocycles. The van der Waals surface area contributed by atoms with E-state index in [4.69, 9.17) is 22.1 Å². The van der Waals surface area contributed by atoms with Gasteiger partial charge in [0.25, 0.3) is 5.91 Å². The fourth-order valence-corrected chi connectivity index (χ4v) is 3.68. The van der Waals surface area contributed by atoms with E-state index in [9.17, 15) is 19.5 Å². The summed E-state index contributed by atoms with van der Waals surface area (Å²) < 4.78 is 5.23. The van der Waals surface area contributed by atoms with Crippen molar-refractivity contribution in [3.8, 4) is 11.5 Å². The molecule has 1 fully saturated rings. The number of hydrogen-bond donors (Lipinski definition) is 3. The molecule has 27 heavy (non-hydrogen) atoms. The molecular weight excluding hydrogens is 392 g/mol. The summed E-state index contributed by atoms with van der Waals surface area (Å²) in [5.41, 5.74) is 0.613. The minimum atomic E-state index is -1.18. The van der Waals surface area contributed by atoms with Crippen LogP contribution in [0.4, 0.5) is 0 Å². The number of rotatable bonds is 6. The number of thioether (sulfide) groups is 1. The number of nitrogens with one attached hydrogen (secondary N) is 1. The van der Waals surface area contributed by atoms with Crippen LogP contribution in [-0.2, 0) is 14.4 Å². The van der Waals surface area contributed by atoms with Crippen LogP contribution in [0, 0.1) is 0 Å². The molecule has 1 aromatic carbocycles. The van der Waals surface area contributed by atoms with Gasteiger partial charge in [-0.2, -0.15) is 0 Å². The quantitative estimate of drug-likeness (QED) is 0.478. The second kappa shape index (κ2) is 8.40. The first-order chi connectivity index (χ1) is 12.6. The summed E-state index contributed by atoms with van der Waals surface area (Å²) in [5.74, 6) is -2.02. The van der Waals surface area contributed by atoms with Crippen LogP contribution in [0.3, 0.4) is 0 Å². The molecule has 1 heterocycles. The summed E-state index contributed by atoms with van der Waals surface area (Å²) in [5, 5.41) is 20.8. The number of methoxy groups -OCH3 is 1. The van der Waals surface area contributed by atoms with Crippen LogP contribution >= 0.6 is 24.0 Å². The molecule has 2 amide bonds. The van der Waals surface area contributed by atoms with E-state index in [2.05, 4.69) is 5.32 Å². The molecule has 144 valence electrons. The van der Waals surface area contributed by atoms with Crippen LogP contribution in [0.25, 0.3) is 6.08 Å². The van der Waals surface area contributed by atoms with Crippen LogP contribution in [0.15, 0.2) is 23.1 Å². The number of ether oxygens (including phenoxy) is 1. The molecule has 1 saturated heterocycles. The number of aliphatic carboxylic acids is 1. The maximum atomic E-state index is 12.7. The van der Waals surface area contributed by atoms with Crippen LogP contribution < -0.4 is 10.1 Å². The number of nitrogens with zero attached hydrogens (tertiary/aromatic N) is 1. The SMILES string of the molecule is COc1cc(/C=C2\SC(=S)N(C(C)C(=O)NC(C)C(=O)O)C2=O)ccc1O. The van der Waals surface area contributed by atoms with Crippen molar-refractivity contribution in [2.75, 3.05) is 7.11 Å². The zero-order chi connectivity index (χ0) is 20.3. The molecule has 0 bridgehead atoms. The predicted octanol–water partition coefficient (Wildman–Crippen LogP) is 1.58. The number of benzene rings is 1. The Kier molecular flexibility index (Phi) is 6.45. The molecule has 0 spiro atoms. The predicted molar refractivity (Wildman–Crippen MR) is 104 cm³/mol. The normalized spacial score (nSPS) is 17.7. The zero-order valence-corrected chi connectivity index (χ0v) is 16.4. The average molecular weight is 410 g/mol. The maximum absolute atomic E-state index is 12.7. The minimum absolute atomic E-state index is 0.0277. The van der Waals surface area contributed by atoms with Gasteiger partial charge < -0.3 is 20.3 Å². The Morgan fingerprint density at radius 2 is 2.04 bits per heavy atom. The third-order valence-electron chi connectivity index (χ3n) is 3.82. The van der Waals surface area contributed by atoms with Gasteiger partial charge in [0.2, 0.25) is 5.91 Å². The van der Waals surface area contributed by atoms with Crippen LogP contribution in [-0.4, -0.2) is 56.4 Å². The lowest BCUT2D eigenvalue weighted by atomic mass is 10.1. The number of carboxylic acid groups (broad SMARTS) is 1. The van der Waals surface area contributed by atoms with Gasteiger partial charge in [0.05, 0.1) is 12.0 Å². The summed E-state index contributed by atoms with van der Waals surface area (Å²) in [4.78, 5) is 37.2. The number of phenols is 1. The summed E-state index contributed by atoms with van der Waals surface area (Å²) in [7, 11) is 1.41. The van der Waals surface area contributed by atoms with E-state index in [0.29, 0.717) is 10.5 Å². The fourth-order valence-electron chi connectivity index (χ4n) is 2.26. The highest BCUT2D eigenvalue weighted by Gasteiger charge is 2.38. The molecule has 2 atom stereocenters. The van der Waals surface area contributed by atoms with Crippen molar-refractivity contribution in [2.45, 2.75) is 25.9 Å². The molecule has 1 aromatic rings. The maximum Gasteiger partial charge on any atom is 0.325 e. The van der Waals surface area contributed by atoms with Crippen molar-refractivity contribution in [3.63, 3.8) is 0 Å². The number of carboxylic acids is 1. The molecule has 1 aliphatic rings. The standard InChI is InChI=1S/C17H18N2O6S2/c1-8(16(23)24)18-14(21)9(2)19-15(22)13(27-17(19)26)7-10-4-5-11(20)12(6-10)25-3/h4-9,20H,1-3H3,(H,18,21)(H,23,24)/b13-7-. The number of carbonyl (C=O) groups excluding carboxylic acids is 2. The Morgan fingerprint density at radius 1 is 1.37 bits per heavy atom. The number of amides is 2. The van der Waals surface area contributed by atoms with Crippen LogP contribution in [0.2, 0.25) is 0 Å². The molecule has 10 heteroatoms. The largest absolute Gasteiger partial charge is 0.504 e. The van der Waals surface area contributed by atoms with E-state index in [1.807, 2.05) is 0 Å². The highest BCUT2D eigenvalue weighted by molar-refractivity contribution is 8.26. The van der Waals surface area contributed by atoms with Gasteiger partial charge in [-0.05, 0) is 37.6 Å². The van der Waals surface area contributed by atoms with E-state index in [1.165, 1.54) is 27.0 Å². The molecule has 0 aromatic heterocycles. The number of carbonyl (C=O) groups is 3. The summed E-state index contributed by atoms with van der Waals surface area (Å²) in [6.45, 7) is 2.80. The molecule has 0 aliphatic carbocycles. The highest BCUT2D eigenvalue weighted by atomic mass is 32.2. The summed E-state index contributed by atoms with van der Waals surface area (Å²) >= 11 is 6.24. The van der Waals surface area contributed by atoms with Gasteiger partial charge in [0.15, 0.2) is 11.5 Å². The first kappa shape index (κ1) is 20.7. The molecule has 0 radical (unpaired) electrons. The van der Waals surface area contributed by atoms with Gasteiger partial charge in [0.1, 0.15) is 16.4 Å². The summed E-state index contributed by atoms with van der Waals surface area (Å²) in [6.07, 6.45) is 1.58. The topological polar surface area (TPSA) is 116 Å². The van der Waals surface area contributed by atoms with Gasteiger partial charge in [-0.15, -0.1) is 0 Å². The lowest BCUT2D eigenvalue weighted by Gasteiger charge is -2.23. The van der Waals surface area contributed by atoms with Gasteiger partial charge in [0, 0.05) is 0 Å². The van der Waals surface area contributed by atoms with Crippen molar-refractivity contribution in [2.24, 2.45) is 0 Å². The van der Waals surface area contributed by atoms with E-state index in [-0.39, 0.29) is 15.8 Å². The van der Waals surface area contributed by atoms with Crippen molar-refractivity contribution in [1.29, 1.82) is 0 Å². The van der Waals surface area contributed by atoms with Crippen LogP contribution in [0.1, 0.15) is 19.4 Å². The Balaban J connectivity index is 2.21. The number of phenolic OH excluding ortho intramolecular Hbond substituents is 1. The Bertz CT molecular complexity index is 839. The van der Waals surface area contributed by atoms with Gasteiger partial charge >= 0.3 is 5.97 Å². The molecule has 2 rings (SSSR count). The fraction of sp³-hybridized carbons (Fsp3) is 0.294. The average Bonchev–Trinajstić information content (AvgIpc) is 2.89. The van der Waals surface area contributed by atoms with Crippen molar-refractivity contribution in [3.05, 3.63) is 28.7 Å². The third-order valence-corrected chi connectivity index (χ3v) is 5.15. The monoisotopic (exact) mass is 410 g/mol. The van der Waals surface area contributed by atoms with Crippen molar-refractivity contribution >= 4 is 52.2 Å².